The minimum absolute atomic E-state index is 0.245. The summed E-state index contributed by atoms with van der Waals surface area (Å²) in [6, 6.07) is 9.42. The third-order valence-electron chi connectivity index (χ3n) is 3.15. The second-order valence-corrected chi connectivity index (χ2v) is 5.43. The summed E-state index contributed by atoms with van der Waals surface area (Å²) in [5.41, 5.74) is -0.128. The fourth-order valence-corrected chi connectivity index (χ4v) is 1.88. The molecule has 0 bridgehead atoms. The van der Waals surface area contributed by atoms with Crippen molar-refractivity contribution in [2.24, 2.45) is 4.99 Å². The van der Waals surface area contributed by atoms with Gasteiger partial charge in [-0.1, -0.05) is 36.9 Å². The van der Waals surface area contributed by atoms with Crippen LogP contribution in [0.15, 0.2) is 47.5 Å². The maximum atomic E-state index is 10.6. The van der Waals surface area contributed by atoms with E-state index in [9.17, 15) is 5.11 Å². The molecular weight excluding hydrogens is 226 g/mol. The van der Waals surface area contributed by atoms with Gasteiger partial charge < -0.3 is 9.84 Å². The molecule has 1 unspecified atom stereocenters. The maximum Gasteiger partial charge on any atom is 0.215 e. The molecule has 1 heterocycles. The number of hydrogen-bond donors (Lipinski definition) is 1. The zero-order chi connectivity index (χ0) is 13.4. The smallest absolute Gasteiger partial charge is 0.215 e. The van der Waals surface area contributed by atoms with Gasteiger partial charge in [-0.2, -0.15) is 0 Å². The lowest BCUT2D eigenvalue weighted by Crippen LogP contribution is -2.28. The number of aliphatic hydroxyl groups is 1. The summed E-state index contributed by atoms with van der Waals surface area (Å²) < 4.78 is 5.53. The first-order valence-corrected chi connectivity index (χ1v) is 6.03. The van der Waals surface area contributed by atoms with Gasteiger partial charge in [-0.05, 0) is 26.3 Å². The Bertz CT molecular complexity index is 486. The average molecular weight is 245 g/mol. The van der Waals surface area contributed by atoms with Gasteiger partial charge in [-0.3, -0.25) is 0 Å². The van der Waals surface area contributed by atoms with Crippen molar-refractivity contribution in [2.75, 3.05) is 6.61 Å². The summed E-state index contributed by atoms with van der Waals surface area (Å²) in [7, 11) is 0. The summed E-state index contributed by atoms with van der Waals surface area (Å²) in [5.74, 6) is 0.453. The van der Waals surface area contributed by atoms with Crippen LogP contribution < -0.4 is 0 Å². The molecule has 0 spiro atoms. The highest BCUT2D eigenvalue weighted by molar-refractivity contribution is 5.96. The number of rotatable bonds is 3. The molecule has 18 heavy (non-hydrogen) atoms. The van der Waals surface area contributed by atoms with Crippen LogP contribution in [0.5, 0.6) is 0 Å². The molecule has 96 valence electrons. The molecule has 1 aromatic carbocycles. The average Bonchev–Trinajstić information content (AvgIpc) is 2.69. The van der Waals surface area contributed by atoms with Gasteiger partial charge in [0.05, 0.1) is 5.54 Å². The third kappa shape index (κ3) is 2.31. The number of ether oxygens (including phenoxy) is 1. The summed E-state index contributed by atoms with van der Waals surface area (Å²) in [6.07, 6.45) is 0. The lowest BCUT2D eigenvalue weighted by molar-refractivity contribution is 0.101. The van der Waals surface area contributed by atoms with Crippen molar-refractivity contribution in [1.82, 2.24) is 0 Å². The number of hydrogen-bond acceptors (Lipinski definition) is 3. The lowest BCUT2D eigenvalue weighted by Gasteiger charge is -2.25. The van der Waals surface area contributed by atoms with Crippen molar-refractivity contribution in [3.63, 3.8) is 0 Å². The van der Waals surface area contributed by atoms with E-state index < -0.39 is 5.60 Å². The van der Waals surface area contributed by atoms with Crippen LogP contribution in [0.1, 0.15) is 26.3 Å². The summed E-state index contributed by atoms with van der Waals surface area (Å²) in [6.45, 7) is 10.2. The molecule has 1 aliphatic rings. The minimum atomic E-state index is -1.17. The molecule has 0 aliphatic carbocycles. The Kier molecular flexibility index (Phi) is 3.03. The van der Waals surface area contributed by atoms with Gasteiger partial charge in [0.25, 0.3) is 0 Å². The molecule has 1 N–H and O–H groups in total. The largest absolute Gasteiger partial charge is 0.475 e. The molecule has 2 rings (SSSR count). The van der Waals surface area contributed by atoms with E-state index in [4.69, 9.17) is 4.74 Å². The first-order chi connectivity index (χ1) is 8.33. The monoisotopic (exact) mass is 245 g/mol. The summed E-state index contributed by atoms with van der Waals surface area (Å²) in [4.78, 5) is 4.45. The SMILES string of the molecule is C=C(C1=NC(C)(C)CO1)C(C)(O)c1ccccc1. The van der Waals surface area contributed by atoms with E-state index in [0.29, 0.717) is 18.1 Å². The van der Waals surface area contributed by atoms with Crippen molar-refractivity contribution in [2.45, 2.75) is 31.9 Å². The van der Waals surface area contributed by atoms with Crippen LogP contribution in [-0.4, -0.2) is 23.2 Å². The van der Waals surface area contributed by atoms with Gasteiger partial charge in [-0.25, -0.2) is 4.99 Å². The quantitative estimate of drug-likeness (QED) is 0.889. The molecule has 0 saturated heterocycles. The molecule has 3 nitrogen and oxygen atoms in total. The van der Waals surface area contributed by atoms with Gasteiger partial charge in [0, 0.05) is 5.57 Å². The number of aliphatic imine (C=N–C) groups is 1. The van der Waals surface area contributed by atoms with Crippen LogP contribution in [0.4, 0.5) is 0 Å². The lowest BCUT2D eigenvalue weighted by atomic mass is 9.88. The van der Waals surface area contributed by atoms with E-state index >= 15 is 0 Å². The zero-order valence-electron chi connectivity index (χ0n) is 11.1. The fraction of sp³-hybridized carbons (Fsp3) is 0.400. The fourth-order valence-electron chi connectivity index (χ4n) is 1.88. The Morgan fingerprint density at radius 1 is 1.39 bits per heavy atom. The normalized spacial score (nSPS) is 20.8. The molecule has 1 aromatic rings. The van der Waals surface area contributed by atoms with Crippen LogP contribution >= 0.6 is 0 Å². The maximum absolute atomic E-state index is 10.6. The molecule has 0 saturated carbocycles. The Hall–Kier alpha value is -1.61. The van der Waals surface area contributed by atoms with Gasteiger partial charge in [0.1, 0.15) is 12.2 Å². The van der Waals surface area contributed by atoms with E-state index in [1.165, 1.54) is 0 Å². The second kappa shape index (κ2) is 4.25. The number of benzene rings is 1. The van der Waals surface area contributed by atoms with Crippen LogP contribution in [0, 0.1) is 0 Å². The topological polar surface area (TPSA) is 41.8 Å². The standard InChI is InChI=1S/C15H19NO2/c1-11(13-16-14(2,3)10-18-13)15(4,17)12-8-6-5-7-9-12/h5-9,17H,1,10H2,2-4H3. The highest BCUT2D eigenvalue weighted by Crippen LogP contribution is 2.32. The predicted molar refractivity (Wildman–Crippen MR) is 72.6 cm³/mol. The molecule has 0 amide bonds. The third-order valence-corrected chi connectivity index (χ3v) is 3.15. The van der Waals surface area contributed by atoms with Gasteiger partial charge in [-0.15, -0.1) is 0 Å². The van der Waals surface area contributed by atoms with Crippen molar-refractivity contribution in [1.29, 1.82) is 0 Å². The van der Waals surface area contributed by atoms with E-state index in [1.54, 1.807) is 6.92 Å². The van der Waals surface area contributed by atoms with E-state index in [-0.39, 0.29) is 5.54 Å². The van der Waals surface area contributed by atoms with E-state index in [1.807, 2.05) is 44.2 Å². The van der Waals surface area contributed by atoms with Crippen LogP contribution in [0.3, 0.4) is 0 Å². The number of nitrogens with zero attached hydrogens (tertiary/aromatic N) is 1. The van der Waals surface area contributed by atoms with Crippen molar-refractivity contribution < 1.29 is 9.84 Å². The first-order valence-electron chi connectivity index (χ1n) is 6.03. The molecule has 1 atom stereocenters. The molecule has 0 fully saturated rings. The van der Waals surface area contributed by atoms with Gasteiger partial charge in [0.2, 0.25) is 5.90 Å². The Morgan fingerprint density at radius 2 is 2.00 bits per heavy atom. The van der Waals surface area contributed by atoms with Gasteiger partial charge >= 0.3 is 0 Å². The molecular formula is C15H19NO2. The van der Waals surface area contributed by atoms with Crippen molar-refractivity contribution in [3.8, 4) is 0 Å². The highest BCUT2D eigenvalue weighted by atomic mass is 16.5. The van der Waals surface area contributed by atoms with Crippen LogP contribution in [-0.2, 0) is 10.3 Å². The Labute approximate surface area is 108 Å². The summed E-state index contributed by atoms with van der Waals surface area (Å²) in [5, 5.41) is 10.6. The molecule has 0 aromatic heterocycles. The molecule has 0 radical (unpaired) electrons. The van der Waals surface area contributed by atoms with Crippen LogP contribution in [0.25, 0.3) is 0 Å². The highest BCUT2D eigenvalue weighted by Gasteiger charge is 2.35. The van der Waals surface area contributed by atoms with Crippen molar-refractivity contribution >= 4 is 5.90 Å². The Morgan fingerprint density at radius 3 is 2.50 bits per heavy atom. The van der Waals surface area contributed by atoms with Crippen molar-refractivity contribution in [3.05, 3.63) is 48.0 Å². The van der Waals surface area contributed by atoms with Gasteiger partial charge in [0.15, 0.2) is 0 Å². The predicted octanol–water partition coefficient (Wildman–Crippen LogP) is 2.66. The molecule has 3 heteroatoms. The first kappa shape index (κ1) is 12.8. The van der Waals surface area contributed by atoms with E-state index in [0.717, 1.165) is 5.56 Å². The molecule has 1 aliphatic heterocycles. The zero-order valence-corrected chi connectivity index (χ0v) is 11.1. The Balaban J connectivity index is 2.29. The summed E-state index contributed by atoms with van der Waals surface area (Å²) >= 11 is 0. The minimum Gasteiger partial charge on any atom is -0.475 e. The van der Waals surface area contributed by atoms with Crippen LogP contribution in [0.2, 0.25) is 0 Å². The second-order valence-electron chi connectivity index (χ2n) is 5.43. The van der Waals surface area contributed by atoms with E-state index in [2.05, 4.69) is 11.6 Å².